The summed E-state index contributed by atoms with van der Waals surface area (Å²) in [6, 6.07) is 0. The van der Waals surface area contributed by atoms with Crippen molar-refractivity contribution in [2.24, 2.45) is 0 Å². The predicted molar refractivity (Wildman–Crippen MR) is 55.5 cm³/mol. The van der Waals surface area contributed by atoms with Crippen LogP contribution in [-0.4, -0.2) is 36.4 Å². The van der Waals surface area contributed by atoms with Gasteiger partial charge in [0.15, 0.2) is 0 Å². The largest absolute Gasteiger partial charge is 0.383 e. The van der Waals surface area contributed by atoms with Gasteiger partial charge in [0, 0.05) is 13.7 Å². The first kappa shape index (κ1) is 10.5. The molecule has 0 saturated heterocycles. The molecule has 0 saturated carbocycles. The average molecular weight is 295 g/mol. The van der Waals surface area contributed by atoms with Gasteiger partial charge in [-0.2, -0.15) is 5.10 Å². The van der Waals surface area contributed by atoms with Gasteiger partial charge in [0.1, 0.15) is 5.69 Å². The Labute approximate surface area is 89.4 Å². The van der Waals surface area contributed by atoms with Gasteiger partial charge < -0.3 is 10.1 Å². The van der Waals surface area contributed by atoms with Gasteiger partial charge in [0.05, 0.1) is 16.4 Å². The minimum atomic E-state index is -0.154. The number of hydrogen-bond acceptors (Lipinski definition) is 3. The molecule has 6 heteroatoms. The Morgan fingerprint density at radius 3 is 3.15 bits per heavy atom. The number of nitrogens with zero attached hydrogens (tertiary/aromatic N) is 1. The lowest BCUT2D eigenvalue weighted by Crippen LogP contribution is -2.27. The Morgan fingerprint density at radius 1 is 1.85 bits per heavy atom. The molecule has 0 aliphatic carbocycles. The third kappa shape index (κ3) is 2.96. The molecule has 1 heterocycles. The van der Waals surface area contributed by atoms with Crippen LogP contribution in [0.25, 0.3) is 0 Å². The van der Waals surface area contributed by atoms with Crippen molar-refractivity contribution >= 4 is 28.5 Å². The molecule has 0 unspecified atom stereocenters. The van der Waals surface area contributed by atoms with Gasteiger partial charge in [-0.25, -0.2) is 0 Å². The molecule has 72 valence electrons. The molecular weight excluding hydrogens is 285 g/mol. The Bertz CT molecular complexity index is 287. The third-order valence-corrected chi connectivity index (χ3v) is 2.23. The number of hydrogen-bond donors (Lipinski definition) is 2. The first-order chi connectivity index (χ1) is 6.25. The summed E-state index contributed by atoms with van der Waals surface area (Å²) in [6.45, 7) is 1.01. The van der Waals surface area contributed by atoms with E-state index >= 15 is 0 Å². The molecule has 0 aromatic carbocycles. The van der Waals surface area contributed by atoms with E-state index in [9.17, 15) is 4.79 Å². The highest BCUT2D eigenvalue weighted by atomic mass is 127. The molecule has 1 aromatic rings. The lowest BCUT2D eigenvalue weighted by Gasteiger charge is -2.01. The fourth-order valence-corrected chi connectivity index (χ4v) is 1.29. The van der Waals surface area contributed by atoms with Gasteiger partial charge in [-0.3, -0.25) is 9.89 Å². The van der Waals surface area contributed by atoms with E-state index in [1.165, 1.54) is 0 Å². The fraction of sp³-hybridized carbons (Fsp3) is 0.429. The van der Waals surface area contributed by atoms with Crippen molar-refractivity contribution in [2.75, 3.05) is 20.3 Å². The smallest absolute Gasteiger partial charge is 0.270 e. The molecule has 1 amide bonds. The number of halogens is 1. The first-order valence-electron chi connectivity index (χ1n) is 3.71. The van der Waals surface area contributed by atoms with Crippen LogP contribution < -0.4 is 5.32 Å². The van der Waals surface area contributed by atoms with E-state index in [0.717, 1.165) is 3.57 Å². The van der Waals surface area contributed by atoms with E-state index < -0.39 is 0 Å². The number of H-pyrrole nitrogens is 1. The van der Waals surface area contributed by atoms with Crippen LogP contribution in [0.1, 0.15) is 10.5 Å². The van der Waals surface area contributed by atoms with Crippen LogP contribution in [0.15, 0.2) is 6.20 Å². The van der Waals surface area contributed by atoms with E-state index in [1.54, 1.807) is 13.3 Å². The number of amides is 1. The van der Waals surface area contributed by atoms with Crippen molar-refractivity contribution < 1.29 is 9.53 Å². The molecule has 0 fully saturated rings. The quantitative estimate of drug-likeness (QED) is 0.624. The Hall–Kier alpha value is -0.630. The lowest BCUT2D eigenvalue weighted by atomic mass is 10.4. The molecule has 5 nitrogen and oxygen atoms in total. The van der Waals surface area contributed by atoms with E-state index in [2.05, 4.69) is 15.5 Å². The summed E-state index contributed by atoms with van der Waals surface area (Å²) >= 11 is 2.05. The van der Waals surface area contributed by atoms with E-state index in [-0.39, 0.29) is 5.91 Å². The minimum Gasteiger partial charge on any atom is -0.383 e. The predicted octanol–water partition coefficient (Wildman–Crippen LogP) is 0.390. The molecule has 0 bridgehead atoms. The summed E-state index contributed by atoms with van der Waals surface area (Å²) in [5.74, 6) is -0.154. The Morgan fingerprint density at radius 2 is 2.62 bits per heavy atom. The number of rotatable bonds is 4. The second-order valence-electron chi connectivity index (χ2n) is 2.34. The summed E-state index contributed by atoms with van der Waals surface area (Å²) in [7, 11) is 1.59. The van der Waals surface area contributed by atoms with Crippen LogP contribution in [-0.2, 0) is 4.74 Å². The summed E-state index contributed by atoms with van der Waals surface area (Å²) < 4.78 is 5.61. The van der Waals surface area contributed by atoms with Gasteiger partial charge >= 0.3 is 0 Å². The average Bonchev–Trinajstić information content (AvgIpc) is 2.52. The van der Waals surface area contributed by atoms with Crippen LogP contribution >= 0.6 is 22.6 Å². The number of ether oxygens (including phenoxy) is 1. The molecule has 0 aliphatic heterocycles. The molecule has 1 aromatic heterocycles. The van der Waals surface area contributed by atoms with Crippen LogP contribution in [0.5, 0.6) is 0 Å². The van der Waals surface area contributed by atoms with E-state index in [4.69, 9.17) is 4.74 Å². The molecule has 0 aliphatic rings. The molecular formula is C7H10IN3O2. The summed E-state index contributed by atoms with van der Waals surface area (Å²) in [4.78, 5) is 11.4. The van der Waals surface area contributed by atoms with Crippen molar-refractivity contribution in [3.63, 3.8) is 0 Å². The summed E-state index contributed by atoms with van der Waals surface area (Å²) in [5.41, 5.74) is 0.497. The molecule has 1 rings (SSSR count). The van der Waals surface area contributed by atoms with Crippen LogP contribution in [0.2, 0.25) is 0 Å². The zero-order chi connectivity index (χ0) is 9.68. The Kier molecular flexibility index (Phi) is 4.16. The van der Waals surface area contributed by atoms with Crippen LogP contribution in [0, 0.1) is 3.57 Å². The number of nitrogens with one attached hydrogen (secondary N) is 2. The fourth-order valence-electron chi connectivity index (χ4n) is 0.786. The van der Waals surface area contributed by atoms with Crippen molar-refractivity contribution in [2.45, 2.75) is 0 Å². The molecule has 13 heavy (non-hydrogen) atoms. The highest BCUT2D eigenvalue weighted by Crippen LogP contribution is 2.06. The molecule has 0 radical (unpaired) electrons. The normalized spacial score (nSPS) is 10.0. The van der Waals surface area contributed by atoms with Crippen LogP contribution in [0.3, 0.4) is 0 Å². The lowest BCUT2D eigenvalue weighted by molar-refractivity contribution is 0.0931. The summed E-state index contributed by atoms with van der Waals surface area (Å²) in [6.07, 6.45) is 1.60. The van der Waals surface area contributed by atoms with E-state index in [0.29, 0.717) is 18.8 Å². The highest BCUT2D eigenvalue weighted by Gasteiger charge is 2.10. The number of carbonyl (C=O) groups is 1. The minimum absolute atomic E-state index is 0.154. The molecule has 2 N–H and O–H groups in total. The highest BCUT2D eigenvalue weighted by molar-refractivity contribution is 14.1. The SMILES string of the molecule is COCCNC(=O)c1[nH]ncc1I. The van der Waals surface area contributed by atoms with Crippen molar-refractivity contribution in [1.82, 2.24) is 15.5 Å². The first-order valence-corrected chi connectivity index (χ1v) is 4.79. The van der Waals surface area contributed by atoms with Gasteiger partial charge in [-0.1, -0.05) is 0 Å². The maximum Gasteiger partial charge on any atom is 0.270 e. The van der Waals surface area contributed by atoms with Gasteiger partial charge in [-0.15, -0.1) is 0 Å². The van der Waals surface area contributed by atoms with Crippen molar-refractivity contribution in [3.8, 4) is 0 Å². The maximum absolute atomic E-state index is 11.4. The second kappa shape index (κ2) is 5.18. The second-order valence-corrected chi connectivity index (χ2v) is 3.50. The third-order valence-electron chi connectivity index (χ3n) is 1.41. The Balaban J connectivity index is 2.45. The maximum atomic E-state index is 11.4. The van der Waals surface area contributed by atoms with E-state index in [1.807, 2.05) is 22.6 Å². The number of aromatic amines is 1. The zero-order valence-corrected chi connectivity index (χ0v) is 9.29. The zero-order valence-electron chi connectivity index (χ0n) is 7.13. The van der Waals surface area contributed by atoms with Gasteiger partial charge in [0.25, 0.3) is 5.91 Å². The number of aromatic nitrogens is 2. The number of carbonyl (C=O) groups excluding carboxylic acids is 1. The standard InChI is InChI=1S/C7H10IN3O2/c1-13-3-2-9-7(12)6-5(8)4-10-11-6/h4H,2-3H2,1H3,(H,9,12)(H,10,11). The molecule has 0 atom stereocenters. The van der Waals surface area contributed by atoms with Gasteiger partial charge in [-0.05, 0) is 22.6 Å². The monoisotopic (exact) mass is 295 g/mol. The van der Waals surface area contributed by atoms with Crippen molar-refractivity contribution in [1.29, 1.82) is 0 Å². The van der Waals surface area contributed by atoms with Crippen molar-refractivity contribution in [3.05, 3.63) is 15.5 Å². The summed E-state index contributed by atoms with van der Waals surface area (Å²) in [5, 5.41) is 9.06. The van der Waals surface area contributed by atoms with Gasteiger partial charge in [0.2, 0.25) is 0 Å². The number of methoxy groups -OCH3 is 1. The molecule has 0 spiro atoms. The topological polar surface area (TPSA) is 67.0 Å². The van der Waals surface area contributed by atoms with Crippen LogP contribution in [0.4, 0.5) is 0 Å².